The van der Waals surface area contributed by atoms with Crippen LogP contribution in [0.3, 0.4) is 0 Å². The van der Waals surface area contributed by atoms with Gasteiger partial charge < -0.3 is 9.52 Å². The van der Waals surface area contributed by atoms with Gasteiger partial charge in [0.2, 0.25) is 5.89 Å². The smallest absolute Gasteiger partial charge is 0.316 e. The Balaban J connectivity index is 1.67. The molecule has 0 saturated heterocycles. The maximum Gasteiger partial charge on any atom is 0.316 e. The number of halogens is 2. The molecule has 2 aromatic heterocycles. The van der Waals surface area contributed by atoms with Gasteiger partial charge >= 0.3 is 5.97 Å². The number of carboxylic acid groups (broad SMARTS) is 1. The zero-order valence-electron chi connectivity index (χ0n) is 15.9. The minimum absolute atomic E-state index is 0.180. The third-order valence-corrected chi connectivity index (χ3v) is 6.18. The van der Waals surface area contributed by atoms with E-state index in [1.807, 2.05) is 0 Å². The maximum atomic E-state index is 14.5. The first-order chi connectivity index (χ1) is 13.8. The molecule has 1 aromatic carbocycles. The fourth-order valence-corrected chi connectivity index (χ4v) is 4.50. The zero-order valence-corrected chi connectivity index (χ0v) is 15.9. The van der Waals surface area contributed by atoms with Gasteiger partial charge in [-0.2, -0.15) is 5.10 Å². The molecule has 0 aliphatic heterocycles. The fourth-order valence-electron chi connectivity index (χ4n) is 4.50. The van der Waals surface area contributed by atoms with Crippen LogP contribution in [0.2, 0.25) is 0 Å². The highest BCUT2D eigenvalue weighted by Crippen LogP contribution is 2.56. The molecule has 0 amide bonds. The SMILES string of the molecule is CC(C)(C(=O)O)c1cnc(-c2nn(-c3ccc(F)cc3F)c3c2[C@@H]2CC[C@H]3C2)o1. The van der Waals surface area contributed by atoms with Gasteiger partial charge in [0.15, 0.2) is 11.5 Å². The van der Waals surface area contributed by atoms with E-state index >= 15 is 0 Å². The van der Waals surface area contributed by atoms with Gasteiger partial charge in [-0.3, -0.25) is 4.79 Å². The highest BCUT2D eigenvalue weighted by atomic mass is 19.1. The van der Waals surface area contributed by atoms with Crippen molar-refractivity contribution in [2.75, 3.05) is 0 Å². The zero-order chi connectivity index (χ0) is 20.5. The molecule has 2 heterocycles. The van der Waals surface area contributed by atoms with Crippen molar-refractivity contribution in [3.8, 4) is 17.3 Å². The summed E-state index contributed by atoms with van der Waals surface area (Å²) in [6.07, 6.45) is 4.36. The van der Waals surface area contributed by atoms with E-state index in [2.05, 4.69) is 10.1 Å². The molecule has 3 aromatic rings. The number of hydrogen-bond acceptors (Lipinski definition) is 4. The number of hydrogen-bond donors (Lipinski definition) is 1. The van der Waals surface area contributed by atoms with Crippen molar-refractivity contribution in [3.63, 3.8) is 0 Å². The number of rotatable bonds is 4. The van der Waals surface area contributed by atoms with Crippen LogP contribution in [0, 0.1) is 11.6 Å². The minimum atomic E-state index is -1.24. The van der Waals surface area contributed by atoms with Gasteiger partial charge in [0.05, 0.1) is 11.9 Å². The number of nitrogens with zero attached hydrogens (tertiary/aromatic N) is 3. The maximum absolute atomic E-state index is 14.5. The third kappa shape index (κ3) is 2.54. The van der Waals surface area contributed by atoms with Gasteiger partial charge in [0, 0.05) is 17.5 Å². The Morgan fingerprint density at radius 3 is 2.76 bits per heavy atom. The third-order valence-electron chi connectivity index (χ3n) is 6.18. The standard InChI is InChI=1S/C21H19F2N3O3/c1-21(2,20(27)28)15-9-24-19(29-15)17-16-10-3-4-11(7-10)18(16)26(25-17)14-6-5-12(22)8-13(14)23/h5-6,8-11H,3-4,7H2,1-2H3,(H,27,28)/t10-,11+/m1/s1. The van der Waals surface area contributed by atoms with E-state index in [-0.39, 0.29) is 29.2 Å². The Labute approximate surface area is 165 Å². The van der Waals surface area contributed by atoms with E-state index in [0.717, 1.165) is 36.6 Å². The summed E-state index contributed by atoms with van der Waals surface area (Å²) in [7, 11) is 0. The van der Waals surface area contributed by atoms with Gasteiger partial charge in [-0.15, -0.1) is 0 Å². The Bertz CT molecular complexity index is 1150. The van der Waals surface area contributed by atoms with Crippen LogP contribution >= 0.6 is 0 Å². The van der Waals surface area contributed by atoms with E-state index < -0.39 is 23.0 Å². The Kier molecular flexibility index (Phi) is 3.72. The average Bonchev–Trinajstić information content (AvgIpc) is 3.42. The summed E-state index contributed by atoms with van der Waals surface area (Å²) in [4.78, 5) is 15.8. The second-order valence-electron chi connectivity index (χ2n) is 8.32. The summed E-state index contributed by atoms with van der Waals surface area (Å²) < 4.78 is 35.2. The summed E-state index contributed by atoms with van der Waals surface area (Å²) >= 11 is 0. The summed E-state index contributed by atoms with van der Waals surface area (Å²) in [5, 5.41) is 14.0. The van der Waals surface area contributed by atoms with Crippen LogP contribution in [0.25, 0.3) is 17.3 Å². The molecule has 2 bridgehead atoms. The van der Waals surface area contributed by atoms with Gasteiger partial charge in [-0.05, 0) is 51.2 Å². The number of carboxylic acids is 1. The summed E-state index contributed by atoms with van der Waals surface area (Å²) in [5.74, 6) is -1.38. The Hall–Kier alpha value is -3.03. The molecule has 2 aliphatic carbocycles. The van der Waals surface area contributed by atoms with Gasteiger partial charge in [-0.25, -0.2) is 18.4 Å². The monoisotopic (exact) mass is 399 g/mol. The van der Waals surface area contributed by atoms with Crippen molar-refractivity contribution in [3.05, 3.63) is 53.0 Å². The van der Waals surface area contributed by atoms with Crippen LogP contribution in [0.1, 0.15) is 62.0 Å². The van der Waals surface area contributed by atoms with Crippen LogP contribution in [0.4, 0.5) is 8.78 Å². The number of carbonyl (C=O) groups is 1. The quantitative estimate of drug-likeness (QED) is 0.697. The molecule has 1 N–H and O–H groups in total. The average molecular weight is 399 g/mol. The van der Waals surface area contributed by atoms with Crippen LogP contribution in [0.5, 0.6) is 0 Å². The summed E-state index contributed by atoms with van der Waals surface area (Å²) in [5.41, 5.74) is 1.34. The lowest BCUT2D eigenvalue weighted by Gasteiger charge is -2.14. The molecule has 2 atom stereocenters. The summed E-state index contributed by atoms with van der Waals surface area (Å²) in [6.45, 7) is 3.08. The normalized spacial score (nSPS) is 20.3. The first kappa shape index (κ1) is 18.0. The Morgan fingerprint density at radius 2 is 2.03 bits per heavy atom. The molecule has 5 rings (SSSR count). The molecule has 2 aliphatic rings. The highest BCUT2D eigenvalue weighted by Gasteiger charge is 2.44. The van der Waals surface area contributed by atoms with Crippen molar-refractivity contribution < 1.29 is 23.1 Å². The Morgan fingerprint density at radius 1 is 1.28 bits per heavy atom. The minimum Gasteiger partial charge on any atom is -0.481 e. The number of aliphatic carboxylic acids is 1. The van der Waals surface area contributed by atoms with Crippen molar-refractivity contribution in [1.29, 1.82) is 0 Å². The first-order valence-corrected chi connectivity index (χ1v) is 9.55. The topological polar surface area (TPSA) is 81.1 Å². The van der Waals surface area contributed by atoms with Crippen LogP contribution in [-0.2, 0) is 10.2 Å². The molecule has 1 saturated carbocycles. The van der Waals surface area contributed by atoms with E-state index in [0.29, 0.717) is 5.69 Å². The molecule has 29 heavy (non-hydrogen) atoms. The largest absolute Gasteiger partial charge is 0.481 e. The highest BCUT2D eigenvalue weighted by molar-refractivity contribution is 5.79. The van der Waals surface area contributed by atoms with Gasteiger partial charge in [0.25, 0.3) is 0 Å². The van der Waals surface area contributed by atoms with Crippen LogP contribution in [-0.4, -0.2) is 25.8 Å². The van der Waals surface area contributed by atoms with Crippen molar-refractivity contribution in [2.45, 2.75) is 50.4 Å². The molecule has 6 nitrogen and oxygen atoms in total. The van der Waals surface area contributed by atoms with Crippen molar-refractivity contribution >= 4 is 5.97 Å². The number of benzene rings is 1. The fraction of sp³-hybridized carbons (Fsp3) is 0.381. The molecule has 0 spiro atoms. The van der Waals surface area contributed by atoms with Gasteiger partial charge in [0.1, 0.15) is 22.7 Å². The number of fused-ring (bicyclic) bond motifs is 5. The second-order valence-corrected chi connectivity index (χ2v) is 8.32. The molecular weight excluding hydrogens is 380 g/mol. The summed E-state index contributed by atoms with van der Waals surface area (Å²) in [6, 6.07) is 3.43. The van der Waals surface area contributed by atoms with Crippen molar-refractivity contribution in [1.82, 2.24) is 14.8 Å². The van der Waals surface area contributed by atoms with Crippen LogP contribution in [0.15, 0.2) is 28.8 Å². The molecule has 150 valence electrons. The van der Waals surface area contributed by atoms with Gasteiger partial charge in [-0.1, -0.05) is 0 Å². The molecular formula is C21H19F2N3O3. The van der Waals surface area contributed by atoms with E-state index in [4.69, 9.17) is 4.42 Å². The van der Waals surface area contributed by atoms with Crippen molar-refractivity contribution in [2.24, 2.45) is 0 Å². The lowest BCUT2D eigenvalue weighted by molar-refractivity contribution is -0.143. The van der Waals surface area contributed by atoms with E-state index in [1.54, 1.807) is 13.8 Å². The molecule has 0 radical (unpaired) electrons. The predicted molar refractivity (Wildman–Crippen MR) is 99.0 cm³/mol. The van der Waals surface area contributed by atoms with E-state index in [9.17, 15) is 18.7 Å². The predicted octanol–water partition coefficient (Wildman–Crippen LogP) is 4.53. The van der Waals surface area contributed by atoms with Crippen LogP contribution < -0.4 is 0 Å². The lowest BCUT2D eigenvalue weighted by Crippen LogP contribution is -2.27. The van der Waals surface area contributed by atoms with E-state index in [1.165, 1.54) is 23.0 Å². The second kappa shape index (κ2) is 5.98. The first-order valence-electron chi connectivity index (χ1n) is 9.55. The molecule has 8 heteroatoms. The molecule has 1 fully saturated rings. The molecule has 0 unspecified atom stereocenters. The number of oxazole rings is 1. The number of aromatic nitrogens is 3. The lowest BCUT2D eigenvalue weighted by atomic mass is 9.91.